The van der Waals surface area contributed by atoms with Crippen molar-refractivity contribution >= 4 is 11.8 Å². The molecule has 2 aromatic heterocycles. The third-order valence-electron chi connectivity index (χ3n) is 4.05. The summed E-state index contributed by atoms with van der Waals surface area (Å²) in [6.45, 7) is 0. The molecule has 2 aromatic rings. The van der Waals surface area contributed by atoms with Gasteiger partial charge in [-0.3, -0.25) is 4.68 Å². The first-order chi connectivity index (χ1) is 10.3. The van der Waals surface area contributed by atoms with Crippen molar-refractivity contribution in [2.75, 3.05) is 17.7 Å². The van der Waals surface area contributed by atoms with E-state index in [1.807, 2.05) is 31.0 Å². The Labute approximate surface area is 125 Å². The molecule has 0 amide bonds. The van der Waals surface area contributed by atoms with Crippen LogP contribution in [0.2, 0.25) is 0 Å². The summed E-state index contributed by atoms with van der Waals surface area (Å²) in [4.78, 5) is 8.99. The zero-order valence-corrected chi connectivity index (χ0v) is 12.6. The number of rotatable bonds is 4. The first-order valence-corrected chi connectivity index (χ1v) is 7.57. The standard InChI is InChI=1S/C15H22N6/c1-16-14-12(10-18-21(14)2)13-8-9-17-15(20-13)19-11-6-4-3-5-7-11/h8-11,16H,3-7H2,1-2H3,(H,17,19,20). The zero-order chi connectivity index (χ0) is 14.7. The number of nitrogens with zero attached hydrogens (tertiary/aromatic N) is 4. The fourth-order valence-corrected chi connectivity index (χ4v) is 2.93. The Bertz CT molecular complexity index is 600. The number of aromatic nitrogens is 4. The van der Waals surface area contributed by atoms with Gasteiger partial charge in [0.05, 0.1) is 17.5 Å². The SMILES string of the molecule is CNc1c(-c2ccnc(NC3CCCCC3)n2)cnn1C. The minimum atomic E-state index is 0.506. The van der Waals surface area contributed by atoms with Gasteiger partial charge in [-0.05, 0) is 18.9 Å². The van der Waals surface area contributed by atoms with Crippen LogP contribution in [0.5, 0.6) is 0 Å². The van der Waals surface area contributed by atoms with Gasteiger partial charge in [0, 0.05) is 26.3 Å². The van der Waals surface area contributed by atoms with E-state index in [0.717, 1.165) is 17.1 Å². The number of nitrogens with one attached hydrogen (secondary N) is 2. The van der Waals surface area contributed by atoms with Gasteiger partial charge in [0.15, 0.2) is 0 Å². The monoisotopic (exact) mass is 286 g/mol. The summed E-state index contributed by atoms with van der Waals surface area (Å²) in [6.07, 6.45) is 10.00. The molecular weight excluding hydrogens is 264 g/mol. The first kappa shape index (κ1) is 13.9. The fourth-order valence-electron chi connectivity index (χ4n) is 2.93. The lowest BCUT2D eigenvalue weighted by molar-refractivity contribution is 0.461. The maximum Gasteiger partial charge on any atom is 0.223 e. The van der Waals surface area contributed by atoms with Gasteiger partial charge in [0.2, 0.25) is 5.95 Å². The Balaban J connectivity index is 1.82. The summed E-state index contributed by atoms with van der Waals surface area (Å²) in [5.41, 5.74) is 1.88. The van der Waals surface area contributed by atoms with Crippen LogP contribution in [0.15, 0.2) is 18.5 Å². The maximum atomic E-state index is 4.64. The molecule has 1 aliphatic carbocycles. The molecule has 0 atom stereocenters. The van der Waals surface area contributed by atoms with Crippen LogP contribution >= 0.6 is 0 Å². The summed E-state index contributed by atoms with van der Waals surface area (Å²) in [7, 11) is 3.81. The lowest BCUT2D eigenvalue weighted by Crippen LogP contribution is -2.23. The zero-order valence-electron chi connectivity index (χ0n) is 12.6. The average molecular weight is 286 g/mol. The lowest BCUT2D eigenvalue weighted by Gasteiger charge is -2.22. The van der Waals surface area contributed by atoms with Crippen LogP contribution in [-0.4, -0.2) is 32.8 Å². The molecule has 0 spiro atoms. The Morgan fingerprint density at radius 3 is 2.81 bits per heavy atom. The molecule has 21 heavy (non-hydrogen) atoms. The second-order valence-corrected chi connectivity index (χ2v) is 5.53. The third-order valence-corrected chi connectivity index (χ3v) is 4.05. The van der Waals surface area contributed by atoms with Crippen LogP contribution < -0.4 is 10.6 Å². The molecule has 112 valence electrons. The van der Waals surface area contributed by atoms with Gasteiger partial charge >= 0.3 is 0 Å². The largest absolute Gasteiger partial charge is 0.373 e. The maximum absolute atomic E-state index is 4.64. The third kappa shape index (κ3) is 2.99. The van der Waals surface area contributed by atoms with Gasteiger partial charge in [-0.25, -0.2) is 9.97 Å². The number of aryl methyl sites for hydroxylation is 1. The minimum Gasteiger partial charge on any atom is -0.373 e. The predicted molar refractivity (Wildman–Crippen MR) is 84.3 cm³/mol. The molecule has 6 nitrogen and oxygen atoms in total. The van der Waals surface area contributed by atoms with Crippen LogP contribution in [0.3, 0.4) is 0 Å². The van der Waals surface area contributed by atoms with Gasteiger partial charge in [-0.2, -0.15) is 5.10 Å². The Hall–Kier alpha value is -2.11. The smallest absolute Gasteiger partial charge is 0.223 e. The summed E-state index contributed by atoms with van der Waals surface area (Å²) >= 11 is 0. The van der Waals surface area contributed by atoms with Crippen molar-refractivity contribution in [3.05, 3.63) is 18.5 Å². The molecule has 0 aliphatic heterocycles. The second-order valence-electron chi connectivity index (χ2n) is 5.53. The van der Waals surface area contributed by atoms with Crippen molar-refractivity contribution in [3.8, 4) is 11.3 Å². The molecule has 0 aromatic carbocycles. The predicted octanol–water partition coefficient (Wildman–Crippen LogP) is 2.66. The highest BCUT2D eigenvalue weighted by atomic mass is 15.3. The molecule has 6 heteroatoms. The molecule has 1 saturated carbocycles. The van der Waals surface area contributed by atoms with E-state index in [1.165, 1.54) is 32.1 Å². The van der Waals surface area contributed by atoms with E-state index in [4.69, 9.17) is 0 Å². The Morgan fingerprint density at radius 1 is 1.24 bits per heavy atom. The molecule has 1 fully saturated rings. The normalized spacial score (nSPS) is 15.9. The van der Waals surface area contributed by atoms with E-state index in [9.17, 15) is 0 Å². The highest BCUT2D eigenvalue weighted by molar-refractivity contribution is 5.72. The second kappa shape index (κ2) is 6.11. The summed E-state index contributed by atoms with van der Waals surface area (Å²) < 4.78 is 1.81. The van der Waals surface area contributed by atoms with Crippen molar-refractivity contribution in [1.82, 2.24) is 19.7 Å². The van der Waals surface area contributed by atoms with E-state index in [0.29, 0.717) is 12.0 Å². The van der Waals surface area contributed by atoms with Crippen molar-refractivity contribution < 1.29 is 0 Å². The van der Waals surface area contributed by atoms with Gasteiger partial charge in [0.1, 0.15) is 5.82 Å². The molecule has 3 rings (SSSR count). The first-order valence-electron chi connectivity index (χ1n) is 7.57. The topological polar surface area (TPSA) is 67.7 Å². The van der Waals surface area contributed by atoms with Crippen molar-refractivity contribution in [2.45, 2.75) is 38.1 Å². The molecule has 0 unspecified atom stereocenters. The van der Waals surface area contributed by atoms with E-state index < -0.39 is 0 Å². The van der Waals surface area contributed by atoms with Crippen molar-refractivity contribution in [3.63, 3.8) is 0 Å². The number of hydrogen-bond acceptors (Lipinski definition) is 5. The summed E-state index contributed by atoms with van der Waals surface area (Å²) in [6, 6.07) is 2.43. The minimum absolute atomic E-state index is 0.506. The van der Waals surface area contributed by atoms with Crippen LogP contribution in [0, 0.1) is 0 Å². The molecule has 2 heterocycles. The van der Waals surface area contributed by atoms with Gasteiger partial charge in [0.25, 0.3) is 0 Å². The van der Waals surface area contributed by atoms with E-state index in [2.05, 4.69) is 25.7 Å². The van der Waals surface area contributed by atoms with Gasteiger partial charge in [-0.15, -0.1) is 0 Å². The number of hydrogen-bond donors (Lipinski definition) is 2. The van der Waals surface area contributed by atoms with Gasteiger partial charge < -0.3 is 10.6 Å². The van der Waals surface area contributed by atoms with Crippen LogP contribution in [0.4, 0.5) is 11.8 Å². The lowest BCUT2D eigenvalue weighted by atomic mass is 9.96. The highest BCUT2D eigenvalue weighted by Crippen LogP contribution is 2.26. The average Bonchev–Trinajstić information content (AvgIpc) is 2.89. The molecule has 1 aliphatic rings. The Kier molecular flexibility index (Phi) is 4.03. The fraction of sp³-hybridized carbons (Fsp3) is 0.533. The number of anilines is 2. The molecule has 0 saturated heterocycles. The van der Waals surface area contributed by atoms with E-state index >= 15 is 0 Å². The van der Waals surface area contributed by atoms with E-state index in [-0.39, 0.29) is 0 Å². The molecule has 2 N–H and O–H groups in total. The molecule has 0 bridgehead atoms. The van der Waals surface area contributed by atoms with Crippen molar-refractivity contribution in [2.24, 2.45) is 7.05 Å². The Morgan fingerprint density at radius 2 is 2.05 bits per heavy atom. The molecule has 0 radical (unpaired) electrons. The molecular formula is C15H22N6. The summed E-state index contributed by atoms with van der Waals surface area (Å²) in [5, 5.41) is 10.9. The van der Waals surface area contributed by atoms with E-state index in [1.54, 1.807) is 6.20 Å². The van der Waals surface area contributed by atoms with Gasteiger partial charge in [-0.1, -0.05) is 19.3 Å². The van der Waals surface area contributed by atoms with Crippen LogP contribution in [-0.2, 0) is 7.05 Å². The quantitative estimate of drug-likeness (QED) is 0.904. The highest BCUT2D eigenvalue weighted by Gasteiger charge is 2.15. The van der Waals surface area contributed by atoms with Crippen molar-refractivity contribution in [1.29, 1.82) is 0 Å². The van der Waals surface area contributed by atoms with Crippen LogP contribution in [0.1, 0.15) is 32.1 Å². The summed E-state index contributed by atoms with van der Waals surface area (Å²) in [5.74, 6) is 1.67. The van der Waals surface area contributed by atoms with Crippen LogP contribution in [0.25, 0.3) is 11.3 Å².